The number of fused-ring (bicyclic) bond motifs is 3. The Hall–Kier alpha value is -4.12. The Morgan fingerprint density at radius 2 is 1.89 bits per heavy atom. The number of carbonyl (C=O) groups is 1. The number of carbonyl (C=O) groups excluding carboxylic acids is 1. The first-order valence-electron chi connectivity index (χ1n) is 11.2. The summed E-state index contributed by atoms with van der Waals surface area (Å²) in [6.45, 7) is 0.686. The van der Waals surface area contributed by atoms with Gasteiger partial charge in [0, 0.05) is 48.4 Å². The molecule has 3 aromatic heterocycles. The Bertz CT molecular complexity index is 1610. The SMILES string of the molecule is Cn1cc2c3cc(C(=O)N4CC(c5ocnc5CO)C4)ccc3n(-c3ccc(C(F)(F)F)cc3)c2n1. The molecule has 1 fully saturated rings. The normalized spacial score (nSPS) is 14.6. The third-order valence-corrected chi connectivity index (χ3v) is 6.61. The van der Waals surface area contributed by atoms with Gasteiger partial charge in [0.25, 0.3) is 5.91 Å². The van der Waals surface area contributed by atoms with E-state index in [1.165, 1.54) is 18.5 Å². The number of likely N-dealkylation sites (tertiary alicyclic amines) is 1. The first-order valence-corrected chi connectivity index (χ1v) is 11.2. The largest absolute Gasteiger partial charge is 0.448 e. The molecule has 0 unspecified atom stereocenters. The lowest BCUT2D eigenvalue weighted by Gasteiger charge is -2.38. The molecule has 0 aliphatic carbocycles. The number of aryl methyl sites for hydroxylation is 1. The maximum absolute atomic E-state index is 13.2. The van der Waals surface area contributed by atoms with Crippen molar-refractivity contribution in [2.75, 3.05) is 13.1 Å². The van der Waals surface area contributed by atoms with E-state index in [0.29, 0.717) is 41.4 Å². The van der Waals surface area contributed by atoms with Gasteiger partial charge in [0.15, 0.2) is 12.0 Å². The fourth-order valence-electron chi connectivity index (χ4n) is 4.81. The number of benzene rings is 2. The van der Waals surface area contributed by atoms with Crippen LogP contribution in [0.5, 0.6) is 0 Å². The molecule has 1 saturated heterocycles. The van der Waals surface area contributed by atoms with Crippen LogP contribution in [-0.4, -0.2) is 48.3 Å². The molecule has 0 bridgehead atoms. The van der Waals surface area contributed by atoms with E-state index in [-0.39, 0.29) is 18.4 Å². The molecule has 36 heavy (non-hydrogen) atoms. The summed E-state index contributed by atoms with van der Waals surface area (Å²) in [7, 11) is 1.77. The van der Waals surface area contributed by atoms with Gasteiger partial charge in [-0.05, 0) is 42.5 Å². The van der Waals surface area contributed by atoms with E-state index >= 15 is 0 Å². The van der Waals surface area contributed by atoms with Gasteiger partial charge in [0.1, 0.15) is 11.5 Å². The molecule has 0 atom stereocenters. The zero-order chi connectivity index (χ0) is 25.2. The summed E-state index contributed by atoms with van der Waals surface area (Å²) >= 11 is 0. The second-order valence-corrected chi connectivity index (χ2v) is 8.88. The molecule has 6 rings (SSSR count). The van der Waals surface area contributed by atoms with Gasteiger partial charge in [-0.15, -0.1) is 0 Å². The molecular weight excluding hydrogens is 475 g/mol. The average Bonchev–Trinajstić information content (AvgIpc) is 3.51. The number of hydrogen-bond donors (Lipinski definition) is 1. The van der Waals surface area contributed by atoms with E-state index in [9.17, 15) is 23.1 Å². The number of alkyl halides is 3. The molecular formula is C25H20F3N5O3. The lowest BCUT2D eigenvalue weighted by atomic mass is 9.94. The molecule has 1 aliphatic rings. The summed E-state index contributed by atoms with van der Waals surface area (Å²) in [5.41, 5.74) is 2.12. The minimum Gasteiger partial charge on any atom is -0.448 e. The number of aliphatic hydroxyl groups excluding tert-OH is 1. The van der Waals surface area contributed by atoms with Crippen molar-refractivity contribution in [3.63, 3.8) is 0 Å². The number of hydrogen-bond acceptors (Lipinski definition) is 5. The summed E-state index contributed by atoms with van der Waals surface area (Å²) in [5, 5.41) is 15.5. The highest BCUT2D eigenvalue weighted by Gasteiger charge is 2.36. The minimum atomic E-state index is -4.42. The van der Waals surface area contributed by atoms with Crippen molar-refractivity contribution >= 4 is 27.8 Å². The van der Waals surface area contributed by atoms with Crippen LogP contribution in [0.2, 0.25) is 0 Å². The summed E-state index contributed by atoms with van der Waals surface area (Å²) in [6.07, 6.45) is -1.30. The van der Waals surface area contributed by atoms with Crippen LogP contribution >= 0.6 is 0 Å². The molecule has 11 heteroatoms. The van der Waals surface area contributed by atoms with E-state index in [4.69, 9.17) is 4.42 Å². The van der Waals surface area contributed by atoms with Gasteiger partial charge >= 0.3 is 6.18 Å². The molecule has 5 aromatic rings. The number of rotatable bonds is 4. The lowest BCUT2D eigenvalue weighted by molar-refractivity contribution is -0.137. The summed E-state index contributed by atoms with van der Waals surface area (Å²) in [5.74, 6) is 0.438. The highest BCUT2D eigenvalue weighted by molar-refractivity contribution is 6.10. The highest BCUT2D eigenvalue weighted by Crippen LogP contribution is 2.35. The summed E-state index contributed by atoms with van der Waals surface area (Å²) < 4.78 is 48.0. The van der Waals surface area contributed by atoms with Gasteiger partial charge in [0.05, 0.1) is 23.6 Å². The smallest absolute Gasteiger partial charge is 0.416 e. The number of halogens is 3. The van der Waals surface area contributed by atoms with Crippen molar-refractivity contribution in [1.29, 1.82) is 0 Å². The summed E-state index contributed by atoms with van der Waals surface area (Å²) in [4.78, 5) is 18.9. The van der Waals surface area contributed by atoms with E-state index in [2.05, 4.69) is 10.1 Å². The maximum Gasteiger partial charge on any atom is 0.416 e. The van der Waals surface area contributed by atoms with Gasteiger partial charge in [-0.3, -0.25) is 14.0 Å². The Morgan fingerprint density at radius 3 is 2.58 bits per heavy atom. The average molecular weight is 495 g/mol. The molecule has 2 aromatic carbocycles. The van der Waals surface area contributed by atoms with Crippen molar-refractivity contribution in [2.24, 2.45) is 7.05 Å². The van der Waals surface area contributed by atoms with Crippen molar-refractivity contribution < 1.29 is 27.5 Å². The molecule has 184 valence electrons. The summed E-state index contributed by atoms with van der Waals surface area (Å²) in [6, 6.07) is 10.2. The molecule has 1 amide bonds. The van der Waals surface area contributed by atoms with Crippen LogP contribution in [0.25, 0.3) is 27.6 Å². The standard InChI is InChI=1S/C25H20F3N5O3/c1-31-11-19-18-8-14(24(35)32-9-15(10-32)22-20(12-34)29-13-36-22)2-7-21(18)33(23(19)30-31)17-5-3-16(4-6-17)25(26,27)28/h2-8,11,13,15,34H,9-10,12H2,1H3. The van der Waals surface area contributed by atoms with Crippen molar-refractivity contribution in [2.45, 2.75) is 18.7 Å². The van der Waals surface area contributed by atoms with Crippen LogP contribution < -0.4 is 0 Å². The Morgan fingerprint density at radius 1 is 1.14 bits per heavy atom. The van der Waals surface area contributed by atoms with Gasteiger partial charge in [0.2, 0.25) is 0 Å². The van der Waals surface area contributed by atoms with E-state index in [0.717, 1.165) is 28.4 Å². The van der Waals surface area contributed by atoms with Crippen LogP contribution in [0.1, 0.15) is 33.3 Å². The number of nitrogens with zero attached hydrogens (tertiary/aromatic N) is 5. The molecule has 8 nitrogen and oxygen atoms in total. The zero-order valence-electron chi connectivity index (χ0n) is 19.0. The van der Waals surface area contributed by atoms with Gasteiger partial charge in [-0.25, -0.2) is 4.98 Å². The molecule has 4 heterocycles. The fourth-order valence-corrected chi connectivity index (χ4v) is 4.81. The number of aliphatic hydroxyl groups is 1. The van der Waals surface area contributed by atoms with Crippen LogP contribution in [-0.2, 0) is 19.8 Å². The third-order valence-electron chi connectivity index (χ3n) is 6.61. The highest BCUT2D eigenvalue weighted by atomic mass is 19.4. The quantitative estimate of drug-likeness (QED) is 0.403. The predicted octanol–water partition coefficient (Wildman–Crippen LogP) is 4.26. The molecule has 0 saturated carbocycles. The van der Waals surface area contributed by atoms with Crippen molar-refractivity contribution in [3.05, 3.63) is 77.6 Å². The Kier molecular flexibility index (Phi) is 4.94. The second kappa shape index (κ2) is 7.95. The zero-order valence-corrected chi connectivity index (χ0v) is 19.0. The molecule has 0 radical (unpaired) electrons. The second-order valence-electron chi connectivity index (χ2n) is 8.88. The molecule has 0 spiro atoms. The van der Waals surface area contributed by atoms with Crippen molar-refractivity contribution in [3.8, 4) is 5.69 Å². The minimum absolute atomic E-state index is 0.0203. The number of amides is 1. The first kappa shape index (κ1) is 22.4. The van der Waals surface area contributed by atoms with Gasteiger partial charge < -0.3 is 14.4 Å². The Balaban J connectivity index is 1.34. The van der Waals surface area contributed by atoms with Crippen LogP contribution in [0.4, 0.5) is 13.2 Å². The van der Waals surface area contributed by atoms with Gasteiger partial charge in [-0.2, -0.15) is 18.3 Å². The molecule has 1 N–H and O–H groups in total. The van der Waals surface area contributed by atoms with Gasteiger partial charge in [-0.1, -0.05) is 0 Å². The van der Waals surface area contributed by atoms with E-state index in [1.807, 2.05) is 6.20 Å². The lowest BCUT2D eigenvalue weighted by Crippen LogP contribution is -2.48. The topological polar surface area (TPSA) is 89.3 Å². The number of aromatic nitrogens is 4. The third kappa shape index (κ3) is 3.46. The first-order chi connectivity index (χ1) is 17.2. The van der Waals surface area contributed by atoms with Crippen LogP contribution in [0.3, 0.4) is 0 Å². The number of oxazole rings is 1. The van der Waals surface area contributed by atoms with E-state index < -0.39 is 11.7 Å². The fraction of sp³-hybridized carbons (Fsp3) is 0.240. The maximum atomic E-state index is 13.2. The molecule has 1 aliphatic heterocycles. The predicted molar refractivity (Wildman–Crippen MR) is 124 cm³/mol. The van der Waals surface area contributed by atoms with E-state index in [1.54, 1.807) is 39.4 Å². The monoisotopic (exact) mass is 495 g/mol. The van der Waals surface area contributed by atoms with Crippen molar-refractivity contribution in [1.82, 2.24) is 24.2 Å². The Labute approximate surface area is 202 Å². The van der Waals surface area contributed by atoms with Crippen LogP contribution in [0, 0.1) is 0 Å². The van der Waals surface area contributed by atoms with Crippen LogP contribution in [0.15, 0.2) is 59.5 Å².